The smallest absolute Gasteiger partial charge is 0.753 e. The van der Waals surface area contributed by atoms with Crippen LogP contribution in [0.2, 0.25) is 0 Å². The van der Waals surface area contributed by atoms with Crippen LogP contribution in [0.3, 0.4) is 0 Å². The van der Waals surface area contributed by atoms with E-state index in [9.17, 15) is 0 Å². The molecule has 2 aromatic carbocycles. The molecule has 18 heteroatoms. The number of nitrogens with zero attached hydrogens (tertiary/aromatic N) is 10. The molecule has 0 N–H and O–H groups in total. The number of benzene rings is 2. The fraction of sp³-hybridized carbons (Fsp3) is 0.200. The van der Waals surface area contributed by atoms with E-state index in [0.29, 0.717) is 0 Å². The minimum Gasteiger partial charge on any atom is -0.753 e. The summed E-state index contributed by atoms with van der Waals surface area (Å²) in [6.07, 6.45) is 7.39. The molecule has 6 rings (SSSR count). The second-order valence-corrected chi connectivity index (χ2v) is 13.6. The Balaban J connectivity index is -0.000000850. The van der Waals surface area contributed by atoms with Crippen molar-refractivity contribution in [3.8, 4) is 0 Å². The average Bonchev–Trinajstić information content (AvgIpc) is 3.26. The van der Waals surface area contributed by atoms with Gasteiger partial charge in [0.1, 0.15) is 0 Å². The molecule has 0 amide bonds. The van der Waals surface area contributed by atoms with Gasteiger partial charge in [-0.05, 0) is 73.5 Å². The third-order valence-electron chi connectivity index (χ3n) is 7.50. The Hall–Kier alpha value is -4.22. The molecule has 0 spiro atoms. The topological polar surface area (TPSA) is 147 Å². The number of alkyl halides is 2. The van der Waals surface area contributed by atoms with Crippen molar-refractivity contribution in [2.75, 3.05) is 5.34 Å². The minimum atomic E-state index is 0. The number of thiocarbonyl (C=S) groups is 4. The molecule has 0 fully saturated rings. The molecule has 0 atom stereocenters. The van der Waals surface area contributed by atoms with Crippen molar-refractivity contribution in [2.45, 2.75) is 53.1 Å². The van der Waals surface area contributed by atoms with Gasteiger partial charge in [-0.1, -0.05) is 133 Å². The van der Waals surface area contributed by atoms with E-state index < -0.39 is 0 Å². The molecule has 0 aliphatic heterocycles. The number of isothiocyanates is 4. The zero-order chi connectivity index (χ0) is 45.4. The Labute approximate surface area is 424 Å². The molecule has 63 heavy (non-hydrogen) atoms. The van der Waals surface area contributed by atoms with Gasteiger partial charge in [-0.3, -0.25) is 29.7 Å². The Morgan fingerprint density at radius 3 is 0.794 bits per heavy atom. The summed E-state index contributed by atoms with van der Waals surface area (Å²) in [5.41, 5.74) is 9.51. The van der Waals surface area contributed by atoms with Crippen LogP contribution in [0.1, 0.15) is 45.0 Å². The van der Waals surface area contributed by atoms with Crippen molar-refractivity contribution < 1.29 is 34.1 Å². The van der Waals surface area contributed by atoms with E-state index >= 15 is 0 Å². The van der Waals surface area contributed by atoms with E-state index in [4.69, 9.17) is 44.8 Å². The van der Waals surface area contributed by atoms with E-state index in [1.165, 1.54) is 42.9 Å². The van der Waals surface area contributed by atoms with E-state index in [-0.39, 0.29) is 39.5 Å². The van der Waals surface area contributed by atoms with E-state index in [0.717, 1.165) is 62.0 Å². The number of halogens is 2. The molecule has 334 valence electrons. The van der Waals surface area contributed by atoms with Crippen LogP contribution in [0.15, 0.2) is 146 Å². The molecule has 0 bridgehead atoms. The zero-order valence-electron chi connectivity index (χ0n) is 34.3. The molecule has 2 radical (unpaired) electrons. The minimum absolute atomic E-state index is 0. The fourth-order valence-electron chi connectivity index (χ4n) is 5.12. The molecule has 0 unspecified atom stereocenters. The van der Waals surface area contributed by atoms with E-state index in [1.807, 2.05) is 73.3 Å². The van der Waals surface area contributed by atoms with Gasteiger partial charge in [0.15, 0.2) is 0 Å². The summed E-state index contributed by atoms with van der Waals surface area (Å²) in [6, 6.07) is 41.6. The van der Waals surface area contributed by atoms with Gasteiger partial charge in [-0.2, -0.15) is 20.6 Å². The first-order valence-electron chi connectivity index (χ1n) is 18.0. The van der Waals surface area contributed by atoms with Gasteiger partial charge in [0.25, 0.3) is 0 Å². The molecule has 10 nitrogen and oxygen atoms in total. The van der Waals surface area contributed by atoms with Crippen molar-refractivity contribution in [2.24, 2.45) is 0 Å². The van der Waals surface area contributed by atoms with Crippen molar-refractivity contribution in [1.29, 1.82) is 0 Å². The van der Waals surface area contributed by atoms with Crippen LogP contribution in [-0.4, -0.2) is 55.7 Å². The molecule has 6 aromatic rings. The van der Waals surface area contributed by atoms with Crippen molar-refractivity contribution >= 4 is 92.7 Å². The third kappa shape index (κ3) is 34.9. The maximum absolute atomic E-state index is 7.13. The van der Waals surface area contributed by atoms with Crippen LogP contribution in [0, 0.1) is 13.8 Å². The summed E-state index contributed by atoms with van der Waals surface area (Å²) >= 11 is 24.3. The normalized spacial score (nSPS) is 8.73. The molecular formula is C45H44Cl2Cu2N10S4. The summed E-state index contributed by atoms with van der Waals surface area (Å²) in [4.78, 5) is 22.6. The summed E-state index contributed by atoms with van der Waals surface area (Å²) in [6.45, 7) is 9.24. The molecule has 4 heterocycles. The summed E-state index contributed by atoms with van der Waals surface area (Å²) in [5.74, 6) is 0. The Bertz CT molecular complexity index is 1870. The number of hydrogen-bond acceptors (Lipinski definition) is 10. The number of rotatable bonds is 12. The number of hydrogen-bond donors (Lipinski definition) is 0. The van der Waals surface area contributed by atoms with Crippen LogP contribution in [0.5, 0.6) is 0 Å². The van der Waals surface area contributed by atoms with Crippen molar-refractivity contribution in [1.82, 2.24) is 29.7 Å². The predicted molar refractivity (Wildman–Crippen MR) is 266 cm³/mol. The molecule has 4 aromatic heterocycles. The van der Waals surface area contributed by atoms with Crippen LogP contribution in [-0.2, 0) is 73.4 Å². The third-order valence-corrected chi connectivity index (χ3v) is 7.50. The Kier molecular flexibility index (Phi) is 44.4. The quantitative estimate of drug-likeness (QED) is 0.0502. The van der Waals surface area contributed by atoms with Crippen LogP contribution in [0.4, 0.5) is 0 Å². The number of pyridine rings is 4. The maximum atomic E-state index is 7.13. The summed E-state index contributed by atoms with van der Waals surface area (Å²) in [5, 5.41) is 34.1. The van der Waals surface area contributed by atoms with Gasteiger partial charge >= 0.3 is 34.1 Å². The first-order valence-corrected chi connectivity index (χ1v) is 20.7. The van der Waals surface area contributed by atoms with Gasteiger partial charge in [-0.25, -0.2) is 0 Å². The zero-order valence-corrected chi connectivity index (χ0v) is 40.9. The van der Waals surface area contributed by atoms with Crippen LogP contribution in [0.25, 0.3) is 21.6 Å². The Morgan fingerprint density at radius 2 is 0.619 bits per heavy atom. The predicted octanol–water partition coefficient (Wildman–Crippen LogP) is 12.0. The van der Waals surface area contributed by atoms with Crippen LogP contribution < -0.4 is 0 Å². The molecule has 0 aliphatic rings. The second kappa shape index (κ2) is 44.4. The van der Waals surface area contributed by atoms with Gasteiger partial charge in [0, 0.05) is 64.1 Å². The average molecular weight is 1050 g/mol. The number of aryl methyl sites for hydroxylation is 2. The molecular weight excluding hydrogens is 1010 g/mol. The standard InChI is InChI=1S/2C20H21N3.CH2Cl2.4CNS.2Cu/c2*1-17-8-10-18(11-9-17)14-23(15-19-6-2-4-12-21-19)16-20-7-3-5-13-22-20;5*2-1-3;;/h2*2-13H,14-16H2,1H3;1H2;;;;;;/q;;;4*-1;2*+2. The molecule has 0 saturated heterocycles. The summed E-state index contributed by atoms with van der Waals surface area (Å²) < 4.78 is 0. The summed E-state index contributed by atoms with van der Waals surface area (Å²) in [7, 11) is 0. The SMILES string of the molecule is Cc1ccc(CN(Cc2ccccn2)Cc2ccccn2)cc1.Cc1ccc(CN(Cc2ccccn2)Cc2ccccn2)cc1.ClCCl.[Cu+2].[Cu+2].[N-]=C=S.[N-]=C=S.[N-]=C=S.[N-]=C=S. The second-order valence-electron chi connectivity index (χ2n) is 12.0. The van der Waals surface area contributed by atoms with E-state index in [1.54, 1.807) is 0 Å². The van der Waals surface area contributed by atoms with Gasteiger partial charge < -0.3 is 21.6 Å². The molecule has 0 aliphatic carbocycles. The van der Waals surface area contributed by atoms with Crippen molar-refractivity contribution in [3.63, 3.8) is 0 Å². The first kappa shape index (κ1) is 63.1. The largest absolute Gasteiger partial charge is 2.00 e. The Morgan fingerprint density at radius 1 is 0.413 bits per heavy atom. The molecule has 0 saturated carbocycles. The van der Waals surface area contributed by atoms with E-state index in [2.05, 4.69) is 165 Å². The maximum Gasteiger partial charge on any atom is 2.00 e. The van der Waals surface area contributed by atoms with Crippen molar-refractivity contribution in [3.05, 3.63) is 213 Å². The van der Waals surface area contributed by atoms with Crippen LogP contribution >= 0.6 is 72.1 Å². The first-order chi connectivity index (χ1) is 29.7. The van der Waals surface area contributed by atoms with Gasteiger partial charge in [0.2, 0.25) is 0 Å². The van der Waals surface area contributed by atoms with Gasteiger partial charge in [0.05, 0.1) is 28.1 Å². The fourth-order valence-corrected chi connectivity index (χ4v) is 5.12. The number of aromatic nitrogens is 4. The van der Waals surface area contributed by atoms with Gasteiger partial charge in [-0.15, -0.1) is 23.2 Å². The monoisotopic (exact) mass is 1050 g/mol.